The van der Waals surface area contributed by atoms with Gasteiger partial charge in [0.25, 0.3) is 0 Å². The largest absolute Gasteiger partial charge is 0.478 e. The zero-order valence-corrected chi connectivity index (χ0v) is 14.6. The van der Waals surface area contributed by atoms with E-state index in [1.165, 1.54) is 0 Å². The fraction of sp³-hybridized carbons (Fsp3) is 0.316. The number of benzene rings is 2. The average molecular weight is 347 g/mol. The van der Waals surface area contributed by atoms with Gasteiger partial charge in [-0.15, -0.1) is 0 Å². The number of carboxylic acids is 1. The number of unbranched alkanes of at least 4 members (excludes halogenated alkanes) is 2. The highest BCUT2D eigenvalue weighted by Crippen LogP contribution is 2.25. The molecular formula is C19H23ClN2O2. The number of anilines is 2. The molecule has 4 nitrogen and oxygen atoms in total. The number of hydrogen-bond acceptors (Lipinski definition) is 3. The van der Waals surface area contributed by atoms with Crippen molar-refractivity contribution in [3.8, 4) is 0 Å². The van der Waals surface area contributed by atoms with E-state index in [0.29, 0.717) is 11.6 Å². The van der Waals surface area contributed by atoms with Crippen LogP contribution in [0, 0.1) is 0 Å². The number of nitrogens with one attached hydrogen (secondary N) is 2. The van der Waals surface area contributed by atoms with Crippen molar-refractivity contribution in [2.75, 3.05) is 17.2 Å². The van der Waals surface area contributed by atoms with Crippen LogP contribution in [0.3, 0.4) is 0 Å². The number of rotatable bonds is 9. The standard InChI is InChI=1S/C19H23ClN2O2/c1-2-3-6-11-21-18-12-14(19(23)24)9-10-17(18)22-13-15-7-4-5-8-16(15)20/h4-5,7-10,12,21-22H,2-3,6,11,13H2,1H3,(H,23,24). The van der Waals surface area contributed by atoms with Gasteiger partial charge in [0.15, 0.2) is 0 Å². The molecule has 0 heterocycles. The van der Waals surface area contributed by atoms with Gasteiger partial charge in [0, 0.05) is 18.1 Å². The maximum Gasteiger partial charge on any atom is 0.335 e. The molecule has 0 aliphatic rings. The molecule has 128 valence electrons. The van der Waals surface area contributed by atoms with Crippen LogP contribution < -0.4 is 10.6 Å². The van der Waals surface area contributed by atoms with Crippen LogP contribution in [0.2, 0.25) is 5.02 Å². The van der Waals surface area contributed by atoms with Crippen molar-refractivity contribution in [1.82, 2.24) is 0 Å². The van der Waals surface area contributed by atoms with E-state index < -0.39 is 5.97 Å². The molecule has 0 atom stereocenters. The summed E-state index contributed by atoms with van der Waals surface area (Å²) in [4.78, 5) is 11.2. The van der Waals surface area contributed by atoms with Crippen molar-refractivity contribution in [1.29, 1.82) is 0 Å². The Morgan fingerprint density at radius 1 is 1.08 bits per heavy atom. The Hall–Kier alpha value is -2.20. The summed E-state index contributed by atoms with van der Waals surface area (Å²) in [5.74, 6) is -0.927. The van der Waals surface area contributed by atoms with Crippen molar-refractivity contribution < 1.29 is 9.90 Å². The monoisotopic (exact) mass is 346 g/mol. The Kier molecular flexibility index (Phi) is 6.94. The highest BCUT2D eigenvalue weighted by atomic mass is 35.5. The minimum Gasteiger partial charge on any atom is -0.478 e. The van der Waals surface area contributed by atoms with Crippen LogP contribution in [0.25, 0.3) is 0 Å². The molecule has 0 saturated carbocycles. The van der Waals surface area contributed by atoms with Gasteiger partial charge in [-0.2, -0.15) is 0 Å². The first kappa shape index (κ1) is 18.1. The molecule has 0 spiro atoms. The van der Waals surface area contributed by atoms with Gasteiger partial charge in [0.05, 0.1) is 16.9 Å². The molecule has 2 aromatic rings. The Morgan fingerprint density at radius 2 is 1.88 bits per heavy atom. The SMILES string of the molecule is CCCCCNc1cc(C(=O)O)ccc1NCc1ccccc1Cl. The Morgan fingerprint density at radius 3 is 2.58 bits per heavy atom. The van der Waals surface area contributed by atoms with Crippen molar-refractivity contribution in [3.63, 3.8) is 0 Å². The Labute approximate surface area is 147 Å². The second-order valence-electron chi connectivity index (χ2n) is 5.64. The first-order valence-corrected chi connectivity index (χ1v) is 8.58. The van der Waals surface area contributed by atoms with Crippen LogP contribution in [0.1, 0.15) is 42.1 Å². The summed E-state index contributed by atoms with van der Waals surface area (Å²) in [5.41, 5.74) is 2.95. The van der Waals surface area contributed by atoms with Crippen LogP contribution in [0.15, 0.2) is 42.5 Å². The molecule has 3 N–H and O–H groups in total. The lowest BCUT2D eigenvalue weighted by molar-refractivity contribution is 0.0697. The van der Waals surface area contributed by atoms with Gasteiger partial charge in [-0.25, -0.2) is 4.79 Å². The minimum atomic E-state index is -0.927. The normalized spacial score (nSPS) is 10.4. The summed E-state index contributed by atoms with van der Waals surface area (Å²) in [6.45, 7) is 3.55. The lowest BCUT2D eigenvalue weighted by Gasteiger charge is -2.15. The summed E-state index contributed by atoms with van der Waals surface area (Å²) < 4.78 is 0. The second-order valence-corrected chi connectivity index (χ2v) is 6.05. The summed E-state index contributed by atoms with van der Waals surface area (Å²) in [6.07, 6.45) is 3.35. The van der Waals surface area contributed by atoms with Gasteiger partial charge in [-0.05, 0) is 36.2 Å². The van der Waals surface area contributed by atoms with Gasteiger partial charge in [-0.1, -0.05) is 49.6 Å². The van der Waals surface area contributed by atoms with Crippen molar-refractivity contribution in [2.45, 2.75) is 32.7 Å². The number of hydrogen-bond donors (Lipinski definition) is 3. The molecule has 24 heavy (non-hydrogen) atoms. The van der Waals surface area contributed by atoms with E-state index in [0.717, 1.165) is 42.7 Å². The maximum atomic E-state index is 11.2. The average Bonchev–Trinajstić information content (AvgIpc) is 2.58. The molecule has 0 aliphatic carbocycles. The van der Waals surface area contributed by atoms with Gasteiger partial charge >= 0.3 is 5.97 Å². The lowest BCUT2D eigenvalue weighted by atomic mass is 10.1. The molecule has 0 saturated heterocycles. The summed E-state index contributed by atoms with van der Waals surface area (Å²) >= 11 is 6.18. The van der Waals surface area contributed by atoms with E-state index in [1.54, 1.807) is 18.2 Å². The molecule has 5 heteroatoms. The molecule has 0 unspecified atom stereocenters. The van der Waals surface area contributed by atoms with Crippen LogP contribution in [0.4, 0.5) is 11.4 Å². The predicted octanol–water partition coefficient (Wildman–Crippen LogP) is 5.25. The molecule has 0 aromatic heterocycles. The predicted molar refractivity (Wildman–Crippen MR) is 100 cm³/mol. The first-order chi connectivity index (χ1) is 11.6. The van der Waals surface area contributed by atoms with Gasteiger partial charge in [0.2, 0.25) is 0 Å². The third-order valence-corrected chi connectivity index (χ3v) is 4.16. The molecule has 2 aromatic carbocycles. The zero-order valence-electron chi connectivity index (χ0n) is 13.8. The van der Waals surface area contributed by atoms with E-state index in [-0.39, 0.29) is 5.56 Å². The molecule has 0 amide bonds. The van der Waals surface area contributed by atoms with Gasteiger partial charge in [0.1, 0.15) is 0 Å². The van der Waals surface area contributed by atoms with E-state index in [9.17, 15) is 9.90 Å². The highest BCUT2D eigenvalue weighted by Gasteiger charge is 2.09. The molecule has 0 bridgehead atoms. The van der Waals surface area contributed by atoms with E-state index in [1.807, 2.05) is 24.3 Å². The van der Waals surface area contributed by atoms with Crippen molar-refractivity contribution in [2.24, 2.45) is 0 Å². The summed E-state index contributed by atoms with van der Waals surface area (Å²) in [5, 5.41) is 16.6. The molecule has 0 aliphatic heterocycles. The molecule has 2 rings (SSSR count). The molecule has 0 radical (unpaired) electrons. The van der Waals surface area contributed by atoms with E-state index in [2.05, 4.69) is 17.6 Å². The smallest absolute Gasteiger partial charge is 0.335 e. The van der Waals surface area contributed by atoms with Crippen molar-refractivity contribution in [3.05, 3.63) is 58.6 Å². The summed E-state index contributed by atoms with van der Waals surface area (Å²) in [7, 11) is 0. The number of carbonyl (C=O) groups is 1. The number of carboxylic acid groups (broad SMARTS) is 1. The third kappa shape index (κ3) is 5.17. The van der Waals surface area contributed by atoms with Gasteiger partial charge < -0.3 is 15.7 Å². The van der Waals surface area contributed by atoms with E-state index in [4.69, 9.17) is 11.6 Å². The lowest BCUT2D eigenvalue weighted by Crippen LogP contribution is -2.08. The topological polar surface area (TPSA) is 61.4 Å². The van der Waals surface area contributed by atoms with Crippen LogP contribution in [-0.4, -0.2) is 17.6 Å². The summed E-state index contributed by atoms with van der Waals surface area (Å²) in [6, 6.07) is 12.7. The van der Waals surface area contributed by atoms with Gasteiger partial charge in [-0.3, -0.25) is 0 Å². The fourth-order valence-electron chi connectivity index (χ4n) is 2.41. The number of aromatic carboxylic acids is 1. The second kappa shape index (κ2) is 9.18. The zero-order chi connectivity index (χ0) is 17.4. The quantitative estimate of drug-likeness (QED) is 0.542. The molecule has 0 fully saturated rings. The highest BCUT2D eigenvalue weighted by molar-refractivity contribution is 6.31. The third-order valence-electron chi connectivity index (χ3n) is 3.79. The minimum absolute atomic E-state index is 0.274. The molecular weight excluding hydrogens is 324 g/mol. The van der Waals surface area contributed by atoms with Crippen LogP contribution in [-0.2, 0) is 6.54 Å². The Bertz CT molecular complexity index is 689. The first-order valence-electron chi connectivity index (χ1n) is 8.20. The fourth-order valence-corrected chi connectivity index (χ4v) is 2.61. The van der Waals surface area contributed by atoms with Crippen molar-refractivity contribution >= 4 is 28.9 Å². The number of halogens is 1. The van der Waals surface area contributed by atoms with Crippen LogP contribution >= 0.6 is 11.6 Å². The van der Waals surface area contributed by atoms with Crippen LogP contribution in [0.5, 0.6) is 0 Å². The maximum absolute atomic E-state index is 11.2. The Balaban J connectivity index is 2.11. The van der Waals surface area contributed by atoms with E-state index >= 15 is 0 Å².